The van der Waals surface area contributed by atoms with E-state index in [0.717, 1.165) is 0 Å². The summed E-state index contributed by atoms with van der Waals surface area (Å²) in [6.07, 6.45) is -5.32. The highest BCUT2D eigenvalue weighted by Gasteiger charge is 2.66. The van der Waals surface area contributed by atoms with Crippen LogP contribution in [-0.2, 0) is 0 Å². The molecule has 0 spiro atoms. The van der Waals surface area contributed by atoms with Crippen molar-refractivity contribution in [2.45, 2.75) is 24.9 Å². The van der Waals surface area contributed by atoms with Gasteiger partial charge >= 0.3 is 12.2 Å². The first-order valence-electron chi connectivity index (χ1n) is 8.97. The predicted octanol–water partition coefficient (Wildman–Crippen LogP) is 3.84. The number of urea groups is 1. The highest BCUT2D eigenvalue weighted by Crippen LogP contribution is 2.44. The molecule has 1 aliphatic heterocycles. The minimum Gasteiger partial charge on any atom is -0.494 e. The monoisotopic (exact) mass is 442 g/mol. The molecule has 2 amide bonds. The lowest BCUT2D eigenvalue weighted by molar-refractivity contribution is -0.287. The number of benzene rings is 2. The molecule has 1 fully saturated rings. The van der Waals surface area contributed by atoms with E-state index in [9.17, 15) is 27.9 Å². The topological polar surface area (TPSA) is 87.7 Å². The summed E-state index contributed by atoms with van der Waals surface area (Å²) in [5.41, 5.74) is -3.68. The van der Waals surface area contributed by atoms with Crippen LogP contribution in [0.1, 0.15) is 28.9 Å². The summed E-state index contributed by atoms with van der Waals surface area (Å²) in [7, 11) is 0. The largest absolute Gasteiger partial charge is 0.494 e. The third-order valence-corrected chi connectivity index (χ3v) is 5.02. The van der Waals surface area contributed by atoms with Crippen molar-refractivity contribution in [2.75, 3.05) is 6.61 Å². The maximum absolute atomic E-state index is 13.9. The van der Waals surface area contributed by atoms with Crippen molar-refractivity contribution >= 4 is 23.4 Å². The maximum Gasteiger partial charge on any atom is 0.437 e. The molecular weight excluding hydrogens is 425 g/mol. The van der Waals surface area contributed by atoms with E-state index in [1.807, 2.05) is 0 Å². The Labute approximate surface area is 175 Å². The summed E-state index contributed by atoms with van der Waals surface area (Å²) in [5, 5.41) is 14.6. The van der Waals surface area contributed by atoms with E-state index in [2.05, 4.69) is 5.32 Å². The summed E-state index contributed by atoms with van der Waals surface area (Å²) in [6.45, 7) is 2.15. The van der Waals surface area contributed by atoms with E-state index < -0.39 is 35.7 Å². The molecule has 160 valence electrons. The van der Waals surface area contributed by atoms with E-state index in [1.165, 1.54) is 53.8 Å². The van der Waals surface area contributed by atoms with E-state index in [0.29, 0.717) is 12.4 Å². The van der Waals surface area contributed by atoms with Gasteiger partial charge in [-0.15, -0.1) is 0 Å². The van der Waals surface area contributed by atoms with Crippen LogP contribution in [0, 0.1) is 5.92 Å². The molecule has 3 atom stereocenters. The quantitative estimate of drug-likeness (QED) is 0.614. The lowest BCUT2D eigenvalue weighted by Crippen LogP contribution is -2.72. The molecule has 1 heterocycles. The van der Waals surface area contributed by atoms with E-state index in [-0.39, 0.29) is 16.1 Å². The first-order chi connectivity index (χ1) is 14.1. The molecule has 3 N–H and O–H groups in total. The minimum atomic E-state index is -5.32. The highest BCUT2D eigenvalue weighted by molar-refractivity contribution is 6.30. The van der Waals surface area contributed by atoms with Gasteiger partial charge < -0.3 is 20.5 Å². The molecule has 3 rings (SSSR count). The normalized spacial score (nSPS) is 24.0. The van der Waals surface area contributed by atoms with Crippen molar-refractivity contribution in [2.24, 2.45) is 5.92 Å². The average molecular weight is 443 g/mol. The predicted molar refractivity (Wildman–Crippen MR) is 102 cm³/mol. The van der Waals surface area contributed by atoms with Crippen LogP contribution in [0.3, 0.4) is 0 Å². The number of ketones is 1. The van der Waals surface area contributed by atoms with Gasteiger partial charge in [0.15, 0.2) is 5.78 Å². The smallest absolute Gasteiger partial charge is 0.437 e. The molecule has 0 unspecified atom stereocenters. The Hall–Kier alpha value is -2.78. The molecule has 30 heavy (non-hydrogen) atoms. The first kappa shape index (κ1) is 21.9. The van der Waals surface area contributed by atoms with Crippen LogP contribution in [0.2, 0.25) is 5.02 Å². The van der Waals surface area contributed by atoms with E-state index in [4.69, 9.17) is 16.3 Å². The van der Waals surface area contributed by atoms with Gasteiger partial charge in [0.25, 0.3) is 0 Å². The second-order valence-corrected chi connectivity index (χ2v) is 7.13. The number of hydrogen-bond acceptors (Lipinski definition) is 4. The number of alkyl halides is 3. The Bertz CT molecular complexity index is 935. The molecule has 0 aliphatic carbocycles. The number of amides is 2. The summed E-state index contributed by atoms with van der Waals surface area (Å²) < 4.78 is 46.9. The number of hydrogen-bond donors (Lipinski definition) is 3. The molecular formula is C20H18ClF3N2O4. The molecule has 0 radical (unpaired) electrons. The van der Waals surface area contributed by atoms with Crippen molar-refractivity contribution in [3.8, 4) is 5.75 Å². The second-order valence-electron chi connectivity index (χ2n) is 6.69. The Morgan fingerprint density at radius 3 is 2.30 bits per heavy atom. The number of ether oxygens (including phenoxy) is 1. The third kappa shape index (κ3) is 4.08. The van der Waals surface area contributed by atoms with Crippen molar-refractivity contribution < 1.29 is 32.6 Å². The number of nitrogens with one attached hydrogen (secondary N) is 2. The number of carbonyl (C=O) groups excluding carboxylic acids is 2. The van der Waals surface area contributed by atoms with Crippen molar-refractivity contribution in [1.82, 2.24) is 10.6 Å². The molecule has 6 nitrogen and oxygen atoms in total. The zero-order valence-electron chi connectivity index (χ0n) is 15.7. The second kappa shape index (κ2) is 8.16. The van der Waals surface area contributed by atoms with Gasteiger partial charge in [0.1, 0.15) is 11.7 Å². The zero-order valence-corrected chi connectivity index (χ0v) is 16.4. The molecule has 0 bridgehead atoms. The van der Waals surface area contributed by atoms with Crippen LogP contribution in [0.15, 0.2) is 48.5 Å². The van der Waals surface area contributed by atoms with Gasteiger partial charge in [-0.05, 0) is 48.9 Å². The molecule has 2 aromatic carbocycles. The average Bonchev–Trinajstić information content (AvgIpc) is 2.67. The number of aliphatic hydroxyl groups is 1. The summed E-state index contributed by atoms with van der Waals surface area (Å²) in [4.78, 5) is 25.1. The lowest BCUT2D eigenvalue weighted by Gasteiger charge is -2.45. The van der Waals surface area contributed by atoms with Gasteiger partial charge in [-0.1, -0.05) is 23.7 Å². The molecule has 1 saturated heterocycles. The van der Waals surface area contributed by atoms with Crippen molar-refractivity contribution in [3.63, 3.8) is 0 Å². The number of carbonyl (C=O) groups is 2. The van der Waals surface area contributed by atoms with E-state index in [1.54, 1.807) is 6.92 Å². The summed E-state index contributed by atoms with van der Waals surface area (Å²) in [5.74, 6) is -2.65. The van der Waals surface area contributed by atoms with Gasteiger partial charge in [0, 0.05) is 10.6 Å². The molecule has 2 aromatic rings. The number of rotatable bonds is 5. The minimum absolute atomic E-state index is 0.0963. The van der Waals surface area contributed by atoms with Crippen molar-refractivity contribution in [1.29, 1.82) is 0 Å². The third-order valence-electron chi connectivity index (χ3n) is 4.77. The van der Waals surface area contributed by atoms with Crippen LogP contribution < -0.4 is 15.4 Å². The Balaban J connectivity index is 2.10. The fraction of sp³-hybridized carbons (Fsp3) is 0.300. The first-order valence-corrected chi connectivity index (χ1v) is 9.35. The van der Waals surface area contributed by atoms with Crippen LogP contribution in [0.4, 0.5) is 18.0 Å². The summed E-state index contributed by atoms with van der Waals surface area (Å²) >= 11 is 5.79. The van der Waals surface area contributed by atoms with Gasteiger partial charge in [-0.3, -0.25) is 4.79 Å². The van der Waals surface area contributed by atoms with Gasteiger partial charge in [0.05, 0.1) is 12.6 Å². The summed E-state index contributed by atoms with van der Waals surface area (Å²) in [6, 6.07) is 8.37. The van der Waals surface area contributed by atoms with Crippen LogP contribution >= 0.6 is 11.6 Å². The fourth-order valence-corrected chi connectivity index (χ4v) is 3.47. The van der Waals surface area contributed by atoms with E-state index >= 15 is 0 Å². The maximum atomic E-state index is 13.9. The number of halogens is 4. The van der Waals surface area contributed by atoms with Crippen LogP contribution in [0.5, 0.6) is 5.75 Å². The van der Waals surface area contributed by atoms with Gasteiger partial charge in [0.2, 0.25) is 5.72 Å². The highest BCUT2D eigenvalue weighted by atomic mass is 35.5. The van der Waals surface area contributed by atoms with Crippen LogP contribution in [-0.4, -0.2) is 35.4 Å². The molecule has 10 heteroatoms. The molecule has 0 saturated carbocycles. The fourth-order valence-electron chi connectivity index (χ4n) is 3.35. The number of Topliss-reactive ketones (excluding diaryl/α,β-unsaturated/α-hetero) is 1. The SMILES string of the molecule is CCOc1ccc([C@@H]2NC(=O)N[C@@](O)(C(F)(F)F)[C@@H]2C(=O)c2ccc(Cl)cc2)cc1. The Morgan fingerprint density at radius 2 is 1.77 bits per heavy atom. The molecule has 0 aromatic heterocycles. The van der Waals surface area contributed by atoms with Gasteiger partial charge in [-0.2, -0.15) is 13.2 Å². The van der Waals surface area contributed by atoms with Gasteiger partial charge in [-0.25, -0.2) is 4.79 Å². The standard InChI is InChI=1S/C20H18ClF3N2O4/c1-2-30-14-9-5-11(6-10-14)16-15(17(27)12-3-7-13(21)8-4-12)19(29,20(22,23)24)26-18(28)25-16/h3-10,15-16,29H,2H2,1H3,(H2,25,26,28)/t15-,16-,19-/m0/s1. The zero-order chi connectivity index (χ0) is 22.1. The molecule has 1 aliphatic rings. The van der Waals surface area contributed by atoms with Crippen molar-refractivity contribution in [3.05, 3.63) is 64.7 Å². The van der Waals surface area contributed by atoms with Crippen LogP contribution in [0.25, 0.3) is 0 Å². The Morgan fingerprint density at radius 1 is 1.17 bits per heavy atom. The lowest BCUT2D eigenvalue weighted by atomic mass is 9.77. The Kier molecular flexibility index (Phi) is 5.96.